The molecule has 0 saturated heterocycles. The third-order valence-corrected chi connectivity index (χ3v) is 7.75. The van der Waals surface area contributed by atoms with Crippen LogP contribution in [0.1, 0.15) is 16.0 Å². The van der Waals surface area contributed by atoms with E-state index in [4.69, 9.17) is 27.9 Å². The van der Waals surface area contributed by atoms with E-state index in [1.807, 2.05) is 42.6 Å². The molecule has 1 N–H and O–H groups in total. The lowest BCUT2D eigenvalue weighted by Crippen LogP contribution is -2.33. The summed E-state index contributed by atoms with van der Waals surface area (Å²) in [4.78, 5) is 33.0. The van der Waals surface area contributed by atoms with E-state index in [1.54, 1.807) is 24.3 Å². The van der Waals surface area contributed by atoms with Crippen LogP contribution in [0.4, 0.5) is 5.69 Å². The summed E-state index contributed by atoms with van der Waals surface area (Å²) in [5.74, 6) is 0.0990. The Hall–Kier alpha value is -2.78. The predicted octanol–water partition coefficient (Wildman–Crippen LogP) is 6.21. The number of benzene rings is 2. The molecular formula is C26H23Cl2N3O3S2. The molecule has 6 nitrogen and oxygen atoms in total. The minimum atomic E-state index is -0.311. The van der Waals surface area contributed by atoms with Gasteiger partial charge in [0.15, 0.2) is 5.17 Å². The number of thiophene rings is 1. The molecule has 1 aliphatic rings. The first kappa shape index (κ1) is 26.3. The monoisotopic (exact) mass is 559 g/mol. The summed E-state index contributed by atoms with van der Waals surface area (Å²) in [5, 5.41) is 6.39. The molecule has 0 saturated carbocycles. The predicted molar refractivity (Wildman–Crippen MR) is 151 cm³/mol. The van der Waals surface area contributed by atoms with Crippen LogP contribution in [0.2, 0.25) is 10.0 Å². The van der Waals surface area contributed by atoms with Crippen molar-refractivity contribution in [3.05, 3.63) is 85.7 Å². The number of methoxy groups -OCH3 is 1. The summed E-state index contributed by atoms with van der Waals surface area (Å²) in [6.45, 7) is 2.47. The van der Waals surface area contributed by atoms with Crippen molar-refractivity contribution in [1.82, 2.24) is 5.32 Å². The quantitative estimate of drug-likeness (QED) is 0.333. The van der Waals surface area contributed by atoms with Gasteiger partial charge >= 0.3 is 0 Å². The van der Waals surface area contributed by atoms with Crippen LogP contribution in [0.15, 0.2) is 64.6 Å². The van der Waals surface area contributed by atoms with Crippen molar-refractivity contribution in [1.29, 1.82) is 0 Å². The molecule has 3 aromatic rings. The number of rotatable bonds is 8. The molecule has 0 radical (unpaired) electrons. The van der Waals surface area contributed by atoms with Crippen molar-refractivity contribution in [2.24, 2.45) is 4.99 Å². The third kappa shape index (κ3) is 6.31. The maximum absolute atomic E-state index is 13.5. The van der Waals surface area contributed by atoms with E-state index in [0.29, 0.717) is 39.6 Å². The Balaban J connectivity index is 1.50. The summed E-state index contributed by atoms with van der Waals surface area (Å²) in [7, 11) is 1.52. The molecule has 0 bridgehead atoms. The molecule has 0 unspecified atom stereocenters. The van der Waals surface area contributed by atoms with E-state index in [0.717, 1.165) is 16.0 Å². The van der Waals surface area contributed by atoms with Crippen molar-refractivity contribution in [2.45, 2.75) is 13.3 Å². The number of hydrogen-bond donors (Lipinski definition) is 1. The van der Waals surface area contributed by atoms with Crippen LogP contribution in [0.5, 0.6) is 5.75 Å². The van der Waals surface area contributed by atoms with Crippen LogP contribution in [-0.4, -0.2) is 36.4 Å². The number of hydrogen-bond acceptors (Lipinski definition) is 6. The van der Waals surface area contributed by atoms with E-state index < -0.39 is 0 Å². The van der Waals surface area contributed by atoms with Crippen molar-refractivity contribution < 1.29 is 14.3 Å². The smallest absolute Gasteiger partial charge is 0.283 e. The summed E-state index contributed by atoms with van der Waals surface area (Å²) in [6.07, 6.45) is 2.46. The summed E-state index contributed by atoms with van der Waals surface area (Å²) >= 11 is 14.9. The maximum atomic E-state index is 13.5. The molecule has 2 amide bonds. The first-order valence-corrected chi connectivity index (χ1v) is 13.6. The third-order valence-electron chi connectivity index (χ3n) is 5.36. The van der Waals surface area contributed by atoms with Gasteiger partial charge in [-0.2, -0.15) is 0 Å². The van der Waals surface area contributed by atoms with Gasteiger partial charge in [0.25, 0.3) is 5.91 Å². The van der Waals surface area contributed by atoms with Gasteiger partial charge < -0.3 is 10.1 Å². The Labute approximate surface area is 228 Å². The number of aryl methyl sites for hydroxylation is 1. The molecule has 2 heterocycles. The number of aliphatic imine (C=N–C) groups is 1. The first-order valence-electron chi connectivity index (χ1n) is 11.0. The summed E-state index contributed by atoms with van der Waals surface area (Å²) in [6, 6.07) is 14.5. The van der Waals surface area contributed by atoms with Gasteiger partial charge in [0, 0.05) is 21.5 Å². The van der Waals surface area contributed by atoms with Crippen molar-refractivity contribution >= 4 is 75.0 Å². The largest absolute Gasteiger partial charge is 0.495 e. The molecule has 2 aromatic carbocycles. The number of nitrogens with one attached hydrogen (secondary N) is 1. The highest BCUT2D eigenvalue weighted by Crippen LogP contribution is 2.37. The zero-order valence-electron chi connectivity index (χ0n) is 19.6. The lowest BCUT2D eigenvalue weighted by molar-refractivity contribution is -0.118. The van der Waals surface area contributed by atoms with E-state index in [9.17, 15) is 9.59 Å². The average molecular weight is 561 g/mol. The highest BCUT2D eigenvalue weighted by Gasteiger charge is 2.34. The fourth-order valence-corrected chi connectivity index (χ4v) is 5.46. The molecule has 4 rings (SSSR count). The molecule has 0 aliphatic carbocycles. The minimum Gasteiger partial charge on any atom is -0.495 e. The van der Waals surface area contributed by atoms with Gasteiger partial charge in [0.2, 0.25) is 5.91 Å². The molecule has 0 fully saturated rings. The lowest BCUT2D eigenvalue weighted by atomic mass is 10.1. The number of carbonyl (C=O) groups is 2. The van der Waals surface area contributed by atoms with Crippen LogP contribution in [0.25, 0.3) is 6.08 Å². The number of ether oxygens (including phenoxy) is 1. The molecular weight excluding hydrogens is 537 g/mol. The Morgan fingerprint density at radius 2 is 1.92 bits per heavy atom. The number of amidine groups is 1. The van der Waals surface area contributed by atoms with Gasteiger partial charge in [-0.15, -0.1) is 11.3 Å². The second kappa shape index (κ2) is 12.0. The van der Waals surface area contributed by atoms with E-state index in [2.05, 4.69) is 10.3 Å². The normalized spacial score (nSPS) is 14.3. The summed E-state index contributed by atoms with van der Waals surface area (Å²) < 4.78 is 5.48. The standard InChI is InChI=1S/C26H23Cl2N3O3S2/c1-16-10-12-35-23(16)14-20-25(33)31(21-13-19(28)7-8-22(21)34-2)26(30-20)36-15-24(32)29-11-9-17-3-5-18(27)6-4-17/h3-8,10,12-14H,9,11,15H2,1-2H3,(H,29,32)/b20-14+. The SMILES string of the molecule is COc1ccc(Cl)cc1N1C(=O)/C(=C\c2sccc2C)N=C1SCC(=O)NCCc1ccc(Cl)cc1. The Morgan fingerprint density at radius 3 is 2.61 bits per heavy atom. The van der Waals surface area contributed by atoms with E-state index >= 15 is 0 Å². The van der Waals surface area contributed by atoms with Crippen LogP contribution < -0.4 is 15.0 Å². The molecule has 186 valence electrons. The van der Waals surface area contributed by atoms with Crippen LogP contribution in [-0.2, 0) is 16.0 Å². The average Bonchev–Trinajstić information content (AvgIpc) is 3.41. The highest BCUT2D eigenvalue weighted by molar-refractivity contribution is 8.14. The zero-order valence-corrected chi connectivity index (χ0v) is 22.7. The van der Waals surface area contributed by atoms with E-state index in [-0.39, 0.29) is 23.3 Å². The van der Waals surface area contributed by atoms with Crippen LogP contribution in [0.3, 0.4) is 0 Å². The number of amides is 2. The number of thioether (sulfide) groups is 1. The van der Waals surface area contributed by atoms with Crippen LogP contribution in [0, 0.1) is 6.92 Å². The summed E-state index contributed by atoms with van der Waals surface area (Å²) in [5.41, 5.74) is 2.89. The molecule has 10 heteroatoms. The molecule has 0 atom stereocenters. The topological polar surface area (TPSA) is 71.0 Å². The minimum absolute atomic E-state index is 0.0947. The fourth-order valence-electron chi connectivity index (χ4n) is 3.48. The van der Waals surface area contributed by atoms with Gasteiger partial charge in [-0.1, -0.05) is 47.1 Å². The maximum Gasteiger partial charge on any atom is 0.283 e. The van der Waals surface area contributed by atoms with Gasteiger partial charge in [0.1, 0.15) is 11.4 Å². The van der Waals surface area contributed by atoms with Gasteiger partial charge in [-0.05, 0) is 72.3 Å². The lowest BCUT2D eigenvalue weighted by Gasteiger charge is -2.20. The number of nitrogens with zero attached hydrogens (tertiary/aromatic N) is 2. The van der Waals surface area contributed by atoms with Crippen molar-refractivity contribution in [2.75, 3.05) is 24.3 Å². The Morgan fingerprint density at radius 1 is 1.17 bits per heavy atom. The second-order valence-corrected chi connectivity index (χ2v) is 10.6. The number of carbonyl (C=O) groups excluding carboxylic acids is 2. The Bertz CT molecular complexity index is 1340. The fraction of sp³-hybridized carbons (Fsp3) is 0.192. The molecule has 1 aromatic heterocycles. The van der Waals surface area contributed by atoms with Gasteiger partial charge in [-0.3, -0.25) is 9.59 Å². The molecule has 36 heavy (non-hydrogen) atoms. The highest BCUT2D eigenvalue weighted by atomic mass is 35.5. The Kier molecular flexibility index (Phi) is 8.74. The van der Waals surface area contributed by atoms with Crippen molar-refractivity contribution in [3.63, 3.8) is 0 Å². The van der Waals surface area contributed by atoms with Gasteiger partial charge in [-0.25, -0.2) is 9.89 Å². The first-order chi connectivity index (χ1) is 17.4. The number of halogens is 2. The second-order valence-electron chi connectivity index (χ2n) is 7.86. The van der Waals surface area contributed by atoms with Crippen molar-refractivity contribution in [3.8, 4) is 5.75 Å². The molecule has 1 aliphatic heterocycles. The molecule has 0 spiro atoms. The van der Waals surface area contributed by atoms with E-state index in [1.165, 1.54) is 35.1 Å². The number of anilines is 1. The van der Waals surface area contributed by atoms with Gasteiger partial charge in [0.05, 0.1) is 18.6 Å². The zero-order chi connectivity index (χ0) is 25.7. The van der Waals surface area contributed by atoms with Crippen LogP contribution >= 0.6 is 46.3 Å².